The minimum atomic E-state index is -1.11. The molecule has 0 radical (unpaired) electrons. The molecule has 0 spiro atoms. The van der Waals surface area contributed by atoms with Crippen molar-refractivity contribution in [2.45, 2.75) is 136 Å². The number of carbonyl (C=O) groups is 2. The molecule has 0 aliphatic carbocycles. The van der Waals surface area contributed by atoms with Gasteiger partial charge in [0.05, 0.1) is 5.54 Å². The van der Waals surface area contributed by atoms with Crippen molar-refractivity contribution < 1.29 is 19.8 Å². The van der Waals surface area contributed by atoms with E-state index in [2.05, 4.69) is 6.92 Å². The average Bonchev–Trinajstić information content (AvgIpc) is 2.63. The van der Waals surface area contributed by atoms with E-state index in [1.807, 2.05) is 0 Å². The molecule has 0 bridgehead atoms. The van der Waals surface area contributed by atoms with Crippen LogP contribution in [0.25, 0.3) is 0 Å². The number of hydrogen-bond acceptors (Lipinski definition) is 3. The number of nitrogens with zero attached hydrogens (tertiary/aromatic N) is 1. The van der Waals surface area contributed by atoms with Gasteiger partial charge in [0.2, 0.25) is 0 Å². The Morgan fingerprint density at radius 1 is 0.690 bits per heavy atom. The second kappa shape index (κ2) is 20.0. The molecule has 0 aromatic heterocycles. The highest BCUT2D eigenvalue weighted by molar-refractivity contribution is 5.66. The Bertz CT molecular complexity index is 395. The molecule has 0 fully saturated rings. The predicted molar refractivity (Wildman–Crippen MR) is 121 cm³/mol. The second-order valence-electron chi connectivity index (χ2n) is 8.92. The van der Waals surface area contributed by atoms with Crippen molar-refractivity contribution in [1.29, 1.82) is 0 Å². The number of unbranched alkanes of at least 4 members (excludes halogenated alkanes) is 14. The van der Waals surface area contributed by atoms with E-state index in [0.29, 0.717) is 6.42 Å². The van der Waals surface area contributed by atoms with E-state index in [0.717, 1.165) is 17.9 Å². The Kier molecular flexibility index (Phi) is 20.6. The molecule has 6 nitrogen and oxygen atoms in total. The third-order valence-electron chi connectivity index (χ3n) is 4.92. The van der Waals surface area contributed by atoms with Gasteiger partial charge in [-0.25, -0.2) is 15.6 Å². The van der Waals surface area contributed by atoms with Gasteiger partial charge in [0.15, 0.2) is 0 Å². The fraction of sp³-hybridized carbons (Fsp3) is 0.913. The van der Waals surface area contributed by atoms with Gasteiger partial charge in [0, 0.05) is 6.42 Å². The first-order valence-electron chi connectivity index (χ1n) is 11.6. The lowest BCUT2D eigenvalue weighted by Crippen LogP contribution is -2.49. The SMILES string of the molecule is CC(C)(C)N(N)C(=O)O.CCCCCCCCCCCCCCCCCC(=O)O. The lowest BCUT2D eigenvalue weighted by Gasteiger charge is -2.27. The lowest BCUT2D eigenvalue weighted by atomic mass is 10.0. The van der Waals surface area contributed by atoms with Gasteiger partial charge in [0.1, 0.15) is 0 Å². The molecule has 6 heteroatoms. The maximum atomic E-state index is 10.3. The normalized spacial score (nSPS) is 10.9. The van der Waals surface area contributed by atoms with Crippen molar-refractivity contribution in [3.63, 3.8) is 0 Å². The van der Waals surface area contributed by atoms with Crippen molar-refractivity contribution in [3.8, 4) is 0 Å². The number of hydrazine groups is 1. The molecule has 0 heterocycles. The lowest BCUT2D eigenvalue weighted by molar-refractivity contribution is -0.137. The molecular weight excluding hydrogens is 368 g/mol. The van der Waals surface area contributed by atoms with Gasteiger partial charge in [-0.3, -0.25) is 4.79 Å². The third kappa shape index (κ3) is 24.7. The van der Waals surface area contributed by atoms with E-state index in [9.17, 15) is 9.59 Å². The van der Waals surface area contributed by atoms with Crippen molar-refractivity contribution in [2.75, 3.05) is 0 Å². The van der Waals surface area contributed by atoms with Gasteiger partial charge in [-0.05, 0) is 27.2 Å². The van der Waals surface area contributed by atoms with Gasteiger partial charge in [-0.1, -0.05) is 96.8 Å². The van der Waals surface area contributed by atoms with Crippen LogP contribution in [0, 0.1) is 0 Å². The summed E-state index contributed by atoms with van der Waals surface area (Å²) in [5.41, 5.74) is -0.508. The Balaban J connectivity index is 0. The molecule has 0 rings (SSSR count). The summed E-state index contributed by atoms with van der Waals surface area (Å²) in [4.78, 5) is 20.5. The molecule has 1 amide bonds. The fourth-order valence-electron chi connectivity index (χ4n) is 2.93. The summed E-state index contributed by atoms with van der Waals surface area (Å²) >= 11 is 0. The minimum Gasteiger partial charge on any atom is -0.481 e. The number of amides is 1. The predicted octanol–water partition coefficient (Wildman–Crippen LogP) is 6.97. The molecule has 0 saturated heterocycles. The second-order valence-corrected chi connectivity index (χ2v) is 8.92. The average molecular weight is 417 g/mol. The van der Waals surface area contributed by atoms with Crippen LogP contribution >= 0.6 is 0 Å². The molecule has 174 valence electrons. The van der Waals surface area contributed by atoms with E-state index in [1.54, 1.807) is 20.8 Å². The molecule has 0 aromatic carbocycles. The van der Waals surface area contributed by atoms with Crippen LogP contribution in [0.5, 0.6) is 0 Å². The molecule has 4 N–H and O–H groups in total. The number of aliphatic carboxylic acids is 1. The summed E-state index contributed by atoms with van der Waals surface area (Å²) < 4.78 is 0. The summed E-state index contributed by atoms with van der Waals surface area (Å²) in [6.45, 7) is 7.44. The quantitative estimate of drug-likeness (QED) is 0.109. The van der Waals surface area contributed by atoms with Crippen molar-refractivity contribution >= 4 is 12.1 Å². The van der Waals surface area contributed by atoms with E-state index >= 15 is 0 Å². The molecule has 0 atom stereocenters. The largest absolute Gasteiger partial charge is 0.481 e. The van der Waals surface area contributed by atoms with Gasteiger partial charge in [-0.2, -0.15) is 0 Å². The first-order valence-corrected chi connectivity index (χ1v) is 11.6. The zero-order valence-electron chi connectivity index (χ0n) is 19.5. The van der Waals surface area contributed by atoms with Crippen LogP contribution in [0.15, 0.2) is 0 Å². The van der Waals surface area contributed by atoms with Crippen LogP contribution in [0.4, 0.5) is 4.79 Å². The Hall–Kier alpha value is -1.30. The van der Waals surface area contributed by atoms with Gasteiger partial charge < -0.3 is 10.2 Å². The summed E-state index contributed by atoms with van der Waals surface area (Å²) in [7, 11) is 0. The Morgan fingerprint density at radius 2 is 1.00 bits per heavy atom. The summed E-state index contributed by atoms with van der Waals surface area (Å²) in [6, 6.07) is 0. The van der Waals surface area contributed by atoms with Crippen LogP contribution in [-0.4, -0.2) is 32.8 Å². The van der Waals surface area contributed by atoms with Gasteiger partial charge >= 0.3 is 12.1 Å². The van der Waals surface area contributed by atoms with Crippen LogP contribution < -0.4 is 5.84 Å². The molecule has 0 aliphatic heterocycles. The summed E-state index contributed by atoms with van der Waals surface area (Å²) in [5.74, 6) is 4.47. The molecule has 29 heavy (non-hydrogen) atoms. The standard InChI is InChI=1S/C18H36O2.C5H12N2O2/c1-2-3-4-5-6-7-8-9-10-11-12-13-14-15-16-17-18(19)20;1-5(2,3)7(6)4(8)9/h2-17H2,1H3,(H,19,20);6H2,1-3H3,(H,8,9). The molecule has 0 aromatic rings. The number of carboxylic acids is 1. The first kappa shape index (κ1) is 29.9. The van der Waals surface area contributed by atoms with E-state index in [1.165, 1.54) is 83.5 Å². The summed E-state index contributed by atoms with van der Waals surface area (Å²) in [6.07, 6.45) is 19.1. The number of rotatable bonds is 16. The topological polar surface area (TPSA) is 104 Å². The summed E-state index contributed by atoms with van der Waals surface area (Å²) in [5, 5.41) is 17.6. The van der Waals surface area contributed by atoms with Gasteiger partial charge in [-0.15, -0.1) is 0 Å². The number of nitrogens with two attached hydrogens (primary N) is 1. The van der Waals surface area contributed by atoms with Crippen molar-refractivity contribution in [2.24, 2.45) is 5.84 Å². The van der Waals surface area contributed by atoms with Gasteiger partial charge in [0.25, 0.3) is 0 Å². The van der Waals surface area contributed by atoms with Crippen LogP contribution in [-0.2, 0) is 4.79 Å². The zero-order chi connectivity index (χ0) is 22.5. The highest BCUT2D eigenvalue weighted by atomic mass is 16.4. The maximum Gasteiger partial charge on any atom is 0.422 e. The fourth-order valence-corrected chi connectivity index (χ4v) is 2.93. The number of hydrogen-bond donors (Lipinski definition) is 3. The Morgan fingerprint density at radius 3 is 1.21 bits per heavy atom. The van der Waals surface area contributed by atoms with Crippen molar-refractivity contribution in [3.05, 3.63) is 0 Å². The molecular formula is C23H48N2O4. The highest BCUT2D eigenvalue weighted by Crippen LogP contribution is 2.13. The highest BCUT2D eigenvalue weighted by Gasteiger charge is 2.21. The molecule has 0 unspecified atom stereocenters. The smallest absolute Gasteiger partial charge is 0.422 e. The van der Waals surface area contributed by atoms with E-state index in [-0.39, 0.29) is 0 Å². The Labute approximate surface area is 179 Å². The maximum absolute atomic E-state index is 10.3. The van der Waals surface area contributed by atoms with E-state index in [4.69, 9.17) is 16.1 Å². The third-order valence-corrected chi connectivity index (χ3v) is 4.92. The number of carboxylic acid groups (broad SMARTS) is 2. The minimum absolute atomic E-state index is 0.345. The molecule has 0 aliphatic rings. The van der Waals surface area contributed by atoms with E-state index < -0.39 is 17.6 Å². The monoisotopic (exact) mass is 416 g/mol. The zero-order valence-corrected chi connectivity index (χ0v) is 19.5. The van der Waals surface area contributed by atoms with Crippen LogP contribution in [0.3, 0.4) is 0 Å². The first-order chi connectivity index (χ1) is 13.6. The molecule has 0 saturated carbocycles. The van der Waals surface area contributed by atoms with Crippen molar-refractivity contribution in [1.82, 2.24) is 5.01 Å². The van der Waals surface area contributed by atoms with Crippen LogP contribution in [0.2, 0.25) is 0 Å². The van der Waals surface area contributed by atoms with Crippen LogP contribution in [0.1, 0.15) is 130 Å².